The summed E-state index contributed by atoms with van der Waals surface area (Å²) in [6.45, 7) is 3.62. The van der Waals surface area contributed by atoms with Crippen LogP contribution in [0.4, 0.5) is 0 Å². The molecule has 0 spiro atoms. The van der Waals surface area contributed by atoms with E-state index in [1.54, 1.807) is 19.2 Å². The van der Waals surface area contributed by atoms with Gasteiger partial charge in [0.25, 0.3) is 0 Å². The Morgan fingerprint density at radius 1 is 1.28 bits per heavy atom. The van der Waals surface area contributed by atoms with Crippen molar-refractivity contribution in [2.24, 2.45) is 0 Å². The predicted molar refractivity (Wildman–Crippen MR) is 95.7 cm³/mol. The van der Waals surface area contributed by atoms with Gasteiger partial charge in [-0.2, -0.15) is 0 Å². The van der Waals surface area contributed by atoms with Crippen LogP contribution in [-0.4, -0.2) is 52.1 Å². The van der Waals surface area contributed by atoms with E-state index < -0.39 is 20.5 Å². The van der Waals surface area contributed by atoms with E-state index in [9.17, 15) is 13.2 Å². The number of nitrogens with one attached hydrogen (secondary N) is 2. The highest BCUT2D eigenvalue weighted by Crippen LogP contribution is 2.30. The Hall–Kier alpha value is -1.80. The molecule has 1 aromatic carbocycles. The van der Waals surface area contributed by atoms with Crippen LogP contribution < -0.4 is 20.1 Å². The highest BCUT2D eigenvalue weighted by atomic mass is 32.2. The molecular formula is C17H26N2O5S. The van der Waals surface area contributed by atoms with Crippen LogP contribution in [0.25, 0.3) is 0 Å². The number of carbonyl (C=O) groups is 1. The van der Waals surface area contributed by atoms with E-state index >= 15 is 0 Å². The first-order valence-electron chi connectivity index (χ1n) is 8.32. The molecule has 0 unspecified atom stereocenters. The van der Waals surface area contributed by atoms with E-state index in [0.29, 0.717) is 31.2 Å². The first kappa shape index (κ1) is 19.5. The normalized spacial score (nSPS) is 16.9. The van der Waals surface area contributed by atoms with Crippen molar-refractivity contribution < 1.29 is 22.7 Å². The average molecular weight is 370 g/mol. The number of methoxy groups -OCH3 is 1. The van der Waals surface area contributed by atoms with Crippen molar-refractivity contribution in [3.8, 4) is 11.5 Å². The molecule has 0 saturated carbocycles. The van der Waals surface area contributed by atoms with Gasteiger partial charge in [0.2, 0.25) is 5.91 Å². The molecule has 2 N–H and O–H groups in total. The minimum atomic E-state index is -3.52. The maximum atomic E-state index is 12.7. The van der Waals surface area contributed by atoms with Crippen LogP contribution in [0.2, 0.25) is 0 Å². The van der Waals surface area contributed by atoms with Crippen molar-refractivity contribution in [1.29, 1.82) is 0 Å². The number of sulfone groups is 1. The molecule has 0 aliphatic carbocycles. The van der Waals surface area contributed by atoms with Crippen molar-refractivity contribution in [1.82, 2.24) is 10.6 Å². The van der Waals surface area contributed by atoms with E-state index in [2.05, 4.69) is 10.6 Å². The zero-order valence-electron chi connectivity index (χ0n) is 14.9. The van der Waals surface area contributed by atoms with Crippen molar-refractivity contribution >= 4 is 15.7 Å². The molecule has 1 saturated heterocycles. The van der Waals surface area contributed by atoms with Gasteiger partial charge < -0.3 is 20.1 Å². The third kappa shape index (κ3) is 4.24. The number of amides is 1. The van der Waals surface area contributed by atoms with Gasteiger partial charge in [-0.05, 0) is 50.6 Å². The average Bonchev–Trinajstić information content (AvgIpc) is 2.59. The van der Waals surface area contributed by atoms with E-state index in [4.69, 9.17) is 9.47 Å². The molecule has 25 heavy (non-hydrogen) atoms. The second kappa shape index (κ2) is 8.05. The number of ether oxygens (including phenoxy) is 2. The van der Waals surface area contributed by atoms with Gasteiger partial charge >= 0.3 is 0 Å². The van der Waals surface area contributed by atoms with Crippen LogP contribution in [0.15, 0.2) is 18.2 Å². The lowest BCUT2D eigenvalue weighted by Gasteiger charge is -2.34. The zero-order chi connectivity index (χ0) is 18.5. The van der Waals surface area contributed by atoms with Crippen molar-refractivity contribution in [2.75, 3.05) is 33.1 Å². The van der Waals surface area contributed by atoms with Gasteiger partial charge in [0.1, 0.15) is 0 Å². The molecule has 1 aromatic rings. The number of hydrogen-bond acceptors (Lipinski definition) is 6. The molecule has 0 aromatic heterocycles. The molecular weight excluding hydrogens is 344 g/mol. The summed E-state index contributed by atoms with van der Waals surface area (Å²) in [7, 11) is -1.95. The standard InChI is InChI=1S/C17H26N2O5S/c1-4-24-15-11-13(5-6-14(15)23-2)12-19-16(20)17(25(3,21)22)7-9-18-10-8-17/h5-6,11,18H,4,7-10,12H2,1-3H3,(H,19,20). The van der Waals surface area contributed by atoms with Crippen LogP contribution in [-0.2, 0) is 21.2 Å². The number of piperidine rings is 1. The minimum absolute atomic E-state index is 0.230. The number of rotatable bonds is 7. The van der Waals surface area contributed by atoms with Gasteiger partial charge in [-0.15, -0.1) is 0 Å². The summed E-state index contributed by atoms with van der Waals surface area (Å²) >= 11 is 0. The highest BCUT2D eigenvalue weighted by Gasteiger charge is 2.48. The Morgan fingerprint density at radius 3 is 2.52 bits per heavy atom. The molecule has 140 valence electrons. The van der Waals surface area contributed by atoms with Crippen molar-refractivity contribution in [3.05, 3.63) is 23.8 Å². The van der Waals surface area contributed by atoms with Gasteiger partial charge in [-0.3, -0.25) is 4.79 Å². The number of benzene rings is 1. The summed E-state index contributed by atoms with van der Waals surface area (Å²) < 4.78 is 33.9. The fourth-order valence-corrected chi connectivity index (χ4v) is 4.39. The third-order valence-electron chi connectivity index (χ3n) is 4.52. The quantitative estimate of drug-likeness (QED) is 0.740. The number of hydrogen-bond donors (Lipinski definition) is 2. The van der Waals surface area contributed by atoms with E-state index in [-0.39, 0.29) is 19.4 Å². The molecule has 0 bridgehead atoms. The lowest BCUT2D eigenvalue weighted by atomic mass is 9.95. The lowest BCUT2D eigenvalue weighted by Crippen LogP contribution is -2.57. The summed E-state index contributed by atoms with van der Waals surface area (Å²) in [5.74, 6) is 0.768. The largest absolute Gasteiger partial charge is 0.493 e. The Balaban J connectivity index is 2.14. The Bertz CT molecular complexity index is 712. The fraction of sp³-hybridized carbons (Fsp3) is 0.588. The van der Waals surface area contributed by atoms with Gasteiger partial charge in [-0.1, -0.05) is 6.07 Å². The molecule has 0 radical (unpaired) electrons. The molecule has 1 aliphatic rings. The van der Waals surface area contributed by atoms with Crippen molar-refractivity contribution in [2.45, 2.75) is 31.1 Å². The fourth-order valence-electron chi connectivity index (χ4n) is 3.04. The topological polar surface area (TPSA) is 93.7 Å². The smallest absolute Gasteiger partial charge is 0.241 e. The summed E-state index contributed by atoms with van der Waals surface area (Å²) in [5.41, 5.74) is 0.815. The van der Waals surface area contributed by atoms with Gasteiger partial charge in [-0.25, -0.2) is 8.42 Å². The van der Waals surface area contributed by atoms with Gasteiger partial charge in [0.15, 0.2) is 26.1 Å². The highest BCUT2D eigenvalue weighted by molar-refractivity contribution is 7.92. The Labute approximate surface area is 149 Å². The molecule has 8 heteroatoms. The van der Waals surface area contributed by atoms with Crippen LogP contribution in [0.3, 0.4) is 0 Å². The predicted octanol–water partition coefficient (Wildman–Crippen LogP) is 0.877. The zero-order valence-corrected chi connectivity index (χ0v) is 15.7. The van der Waals surface area contributed by atoms with Crippen LogP contribution >= 0.6 is 0 Å². The van der Waals surface area contributed by atoms with Crippen LogP contribution in [0.5, 0.6) is 11.5 Å². The Kier molecular flexibility index (Phi) is 6.29. The second-order valence-corrected chi connectivity index (χ2v) is 8.44. The summed E-state index contributed by atoms with van der Waals surface area (Å²) in [5, 5.41) is 5.88. The monoisotopic (exact) mass is 370 g/mol. The lowest BCUT2D eigenvalue weighted by molar-refractivity contribution is -0.124. The summed E-state index contributed by atoms with van der Waals surface area (Å²) in [4.78, 5) is 12.7. The van der Waals surface area contributed by atoms with Crippen LogP contribution in [0.1, 0.15) is 25.3 Å². The minimum Gasteiger partial charge on any atom is -0.493 e. The Morgan fingerprint density at radius 2 is 1.96 bits per heavy atom. The van der Waals surface area contributed by atoms with E-state index in [0.717, 1.165) is 11.8 Å². The van der Waals surface area contributed by atoms with Crippen molar-refractivity contribution in [3.63, 3.8) is 0 Å². The van der Waals surface area contributed by atoms with Crippen LogP contribution in [0, 0.1) is 0 Å². The molecule has 1 heterocycles. The molecule has 0 atom stereocenters. The summed E-state index contributed by atoms with van der Waals surface area (Å²) in [6, 6.07) is 5.37. The van der Waals surface area contributed by atoms with Gasteiger partial charge in [0.05, 0.1) is 13.7 Å². The maximum absolute atomic E-state index is 12.7. The van der Waals surface area contributed by atoms with Gasteiger partial charge in [0, 0.05) is 12.8 Å². The van der Waals surface area contributed by atoms with E-state index in [1.807, 2.05) is 13.0 Å². The molecule has 1 aliphatic heterocycles. The first-order valence-corrected chi connectivity index (χ1v) is 10.2. The molecule has 2 rings (SSSR count). The molecule has 1 fully saturated rings. The second-order valence-electron chi connectivity index (χ2n) is 6.12. The maximum Gasteiger partial charge on any atom is 0.241 e. The molecule has 7 nitrogen and oxygen atoms in total. The molecule has 1 amide bonds. The SMILES string of the molecule is CCOc1cc(CNC(=O)C2(S(C)(=O)=O)CCNCC2)ccc1OC. The van der Waals surface area contributed by atoms with E-state index in [1.165, 1.54) is 0 Å². The third-order valence-corrected chi connectivity index (χ3v) is 6.53. The first-order chi connectivity index (χ1) is 11.8. The summed E-state index contributed by atoms with van der Waals surface area (Å²) in [6.07, 6.45) is 1.70. The number of carbonyl (C=O) groups excluding carboxylic acids is 1.